The highest BCUT2D eigenvalue weighted by Crippen LogP contribution is 2.69. The molecule has 10 atom stereocenters. The number of fused-ring (bicyclic) bond motifs is 7. The van der Waals surface area contributed by atoms with E-state index in [9.17, 15) is 9.59 Å². The molecular formula is C33H52O5. The normalized spacial score (nSPS) is 42.3. The van der Waals surface area contributed by atoms with Crippen molar-refractivity contribution in [1.29, 1.82) is 0 Å². The Hall–Kier alpha value is -1.52. The molecule has 0 N–H and O–H groups in total. The molecule has 5 rings (SSSR count). The van der Waals surface area contributed by atoms with Crippen LogP contribution in [0.25, 0.3) is 0 Å². The first kappa shape index (κ1) is 28.0. The van der Waals surface area contributed by atoms with E-state index in [4.69, 9.17) is 14.2 Å². The van der Waals surface area contributed by atoms with Gasteiger partial charge in [0.1, 0.15) is 12.2 Å². The summed E-state index contributed by atoms with van der Waals surface area (Å²) in [6.45, 7) is 13.9. The SMILES string of the molecule is CCC(=O)OC[C@@H](C)CCC1=C(C)[C@H]2[C@H](C[C@H]3[C@@H]4CC[C@H]5C[C@@H](OC(=O)CC)CC[C@]5(C)[C@H]4CC[C@@]32C)O1. The lowest BCUT2D eigenvalue weighted by Gasteiger charge is -2.61. The molecule has 0 bridgehead atoms. The number of hydrogen-bond acceptors (Lipinski definition) is 5. The number of hydrogen-bond donors (Lipinski definition) is 0. The monoisotopic (exact) mass is 528 g/mol. The molecule has 0 spiro atoms. The lowest BCUT2D eigenvalue weighted by atomic mass is 9.44. The fourth-order valence-corrected chi connectivity index (χ4v) is 9.98. The molecule has 0 aromatic heterocycles. The number of allylic oxidation sites excluding steroid dienone is 1. The van der Waals surface area contributed by atoms with E-state index in [1.807, 2.05) is 13.8 Å². The highest BCUT2D eigenvalue weighted by molar-refractivity contribution is 5.69. The Balaban J connectivity index is 1.23. The minimum atomic E-state index is -0.107. The average Bonchev–Trinajstić information content (AvgIpc) is 3.38. The summed E-state index contributed by atoms with van der Waals surface area (Å²) >= 11 is 0. The maximum Gasteiger partial charge on any atom is 0.305 e. The second kappa shape index (κ2) is 10.8. The first-order valence-electron chi connectivity index (χ1n) is 15.8. The Bertz CT molecular complexity index is 940. The molecule has 0 amide bonds. The molecule has 0 aromatic carbocycles. The predicted octanol–water partition coefficient (Wildman–Crippen LogP) is 7.62. The van der Waals surface area contributed by atoms with Crippen molar-refractivity contribution in [3.05, 3.63) is 11.3 Å². The smallest absolute Gasteiger partial charge is 0.305 e. The molecule has 214 valence electrons. The molecule has 0 radical (unpaired) electrons. The summed E-state index contributed by atoms with van der Waals surface area (Å²) in [5, 5.41) is 0. The third-order valence-electron chi connectivity index (χ3n) is 12.1. The molecule has 0 saturated heterocycles. The Labute approximate surface area is 230 Å². The van der Waals surface area contributed by atoms with Gasteiger partial charge in [0.2, 0.25) is 0 Å². The van der Waals surface area contributed by atoms with Gasteiger partial charge < -0.3 is 14.2 Å². The van der Waals surface area contributed by atoms with E-state index < -0.39 is 0 Å². The van der Waals surface area contributed by atoms with Crippen LogP contribution in [0.15, 0.2) is 11.3 Å². The lowest BCUT2D eigenvalue weighted by molar-refractivity contribution is -0.161. The Morgan fingerprint density at radius 1 is 0.974 bits per heavy atom. The fourth-order valence-electron chi connectivity index (χ4n) is 9.98. The molecule has 4 aliphatic carbocycles. The van der Waals surface area contributed by atoms with Gasteiger partial charge in [-0.05, 0) is 111 Å². The summed E-state index contributed by atoms with van der Waals surface area (Å²) in [5.74, 6) is 5.07. The van der Waals surface area contributed by atoms with Crippen molar-refractivity contribution in [1.82, 2.24) is 0 Å². The number of ether oxygens (including phenoxy) is 3. The van der Waals surface area contributed by atoms with Crippen LogP contribution < -0.4 is 0 Å². The number of carbonyl (C=O) groups excluding carboxylic acids is 2. The van der Waals surface area contributed by atoms with E-state index in [0.29, 0.717) is 54.1 Å². The van der Waals surface area contributed by atoms with E-state index in [0.717, 1.165) is 43.4 Å². The molecule has 0 aromatic rings. The third-order valence-corrected chi connectivity index (χ3v) is 12.1. The van der Waals surface area contributed by atoms with Crippen LogP contribution in [0.3, 0.4) is 0 Å². The van der Waals surface area contributed by atoms with Crippen LogP contribution in [-0.2, 0) is 23.8 Å². The van der Waals surface area contributed by atoms with Crippen LogP contribution in [0.5, 0.6) is 0 Å². The first-order valence-corrected chi connectivity index (χ1v) is 15.8. The topological polar surface area (TPSA) is 61.8 Å². The molecular weight excluding hydrogens is 476 g/mol. The van der Waals surface area contributed by atoms with Crippen LogP contribution in [0.2, 0.25) is 0 Å². The van der Waals surface area contributed by atoms with Crippen LogP contribution in [-0.4, -0.2) is 30.8 Å². The Morgan fingerprint density at radius 2 is 1.71 bits per heavy atom. The van der Waals surface area contributed by atoms with Crippen LogP contribution in [0.1, 0.15) is 119 Å². The average molecular weight is 529 g/mol. The van der Waals surface area contributed by atoms with Crippen LogP contribution >= 0.6 is 0 Å². The summed E-state index contributed by atoms with van der Waals surface area (Å²) < 4.78 is 17.9. The molecule has 4 saturated carbocycles. The number of rotatable bonds is 8. The summed E-state index contributed by atoms with van der Waals surface area (Å²) in [6, 6.07) is 0. The minimum Gasteiger partial charge on any atom is -0.494 e. The van der Waals surface area contributed by atoms with Crippen molar-refractivity contribution < 1.29 is 23.8 Å². The van der Waals surface area contributed by atoms with Gasteiger partial charge in [-0.15, -0.1) is 0 Å². The van der Waals surface area contributed by atoms with Gasteiger partial charge >= 0.3 is 11.9 Å². The van der Waals surface area contributed by atoms with Crippen molar-refractivity contribution in [3.8, 4) is 0 Å². The Kier molecular flexibility index (Phi) is 7.97. The molecule has 5 heteroatoms. The van der Waals surface area contributed by atoms with Gasteiger partial charge in [-0.25, -0.2) is 0 Å². The first-order chi connectivity index (χ1) is 18.1. The van der Waals surface area contributed by atoms with E-state index in [-0.39, 0.29) is 18.0 Å². The van der Waals surface area contributed by atoms with Gasteiger partial charge in [-0.2, -0.15) is 0 Å². The maximum atomic E-state index is 11.9. The zero-order valence-corrected chi connectivity index (χ0v) is 24.9. The largest absolute Gasteiger partial charge is 0.494 e. The van der Waals surface area contributed by atoms with Crippen molar-refractivity contribution >= 4 is 11.9 Å². The highest BCUT2D eigenvalue weighted by Gasteiger charge is 2.64. The lowest BCUT2D eigenvalue weighted by Crippen LogP contribution is -2.54. The minimum absolute atomic E-state index is 0.0320. The van der Waals surface area contributed by atoms with E-state index in [1.54, 1.807) is 0 Å². The number of carbonyl (C=O) groups is 2. The van der Waals surface area contributed by atoms with Gasteiger partial charge in [-0.3, -0.25) is 9.59 Å². The summed E-state index contributed by atoms with van der Waals surface area (Å²) in [7, 11) is 0. The highest BCUT2D eigenvalue weighted by atomic mass is 16.5. The zero-order valence-electron chi connectivity index (χ0n) is 24.9. The second-order valence-corrected chi connectivity index (χ2v) is 14.1. The quantitative estimate of drug-likeness (QED) is 0.303. The molecule has 38 heavy (non-hydrogen) atoms. The summed E-state index contributed by atoms with van der Waals surface area (Å²) in [4.78, 5) is 23.5. The summed E-state index contributed by atoms with van der Waals surface area (Å²) in [5.41, 5.74) is 2.25. The predicted molar refractivity (Wildman–Crippen MR) is 148 cm³/mol. The van der Waals surface area contributed by atoms with Gasteiger partial charge in [0.25, 0.3) is 0 Å². The molecule has 0 unspecified atom stereocenters. The van der Waals surface area contributed by atoms with Gasteiger partial charge in [-0.1, -0.05) is 34.6 Å². The van der Waals surface area contributed by atoms with E-state index in [1.165, 1.54) is 49.9 Å². The molecule has 1 aliphatic heterocycles. The van der Waals surface area contributed by atoms with Gasteiger partial charge in [0, 0.05) is 25.2 Å². The molecule has 5 nitrogen and oxygen atoms in total. The van der Waals surface area contributed by atoms with E-state index >= 15 is 0 Å². The standard InChI is InChI=1S/C33H52O5/c1-7-29(34)36-19-20(3)9-12-27-21(4)31-28(38-27)18-26-24-11-10-22-17-23(37-30(35)8-2)13-15-32(22,5)25(24)14-16-33(26,31)6/h20,22-26,28,31H,7-19H2,1-6H3/t20-,22-,23-,24+,25-,26-,28-,31-,32-,33-/m0/s1. The van der Waals surface area contributed by atoms with E-state index in [2.05, 4.69) is 27.7 Å². The maximum absolute atomic E-state index is 11.9. The van der Waals surface area contributed by atoms with Crippen molar-refractivity contribution in [2.75, 3.05) is 6.61 Å². The zero-order chi connectivity index (χ0) is 27.2. The van der Waals surface area contributed by atoms with Crippen molar-refractivity contribution in [2.45, 2.75) is 131 Å². The summed E-state index contributed by atoms with van der Waals surface area (Å²) in [6.07, 6.45) is 13.2. The number of esters is 2. The fraction of sp³-hybridized carbons (Fsp3) is 0.879. The third kappa shape index (κ3) is 4.83. The second-order valence-electron chi connectivity index (χ2n) is 14.1. The van der Waals surface area contributed by atoms with Crippen LogP contribution in [0, 0.1) is 46.3 Å². The Morgan fingerprint density at radius 3 is 2.45 bits per heavy atom. The molecule has 4 fully saturated rings. The van der Waals surface area contributed by atoms with Gasteiger partial charge in [0.15, 0.2) is 0 Å². The molecule has 1 heterocycles. The van der Waals surface area contributed by atoms with Crippen molar-refractivity contribution in [3.63, 3.8) is 0 Å². The van der Waals surface area contributed by atoms with Gasteiger partial charge in [0.05, 0.1) is 12.4 Å². The molecule has 5 aliphatic rings. The van der Waals surface area contributed by atoms with Crippen molar-refractivity contribution in [2.24, 2.45) is 46.3 Å². The van der Waals surface area contributed by atoms with Crippen LogP contribution in [0.4, 0.5) is 0 Å².